The number of carbonyl (C=O) groups is 1. The Labute approximate surface area is 169 Å². The standard InChI is InChI=1S/C20H26N4O3S/c1-5-7-12-28-20-22-19-21-13(3)16(18(25)27-6-2)17(24(19)23-20)14-8-10-15(26-4)11-9-14/h8-11,17H,5-7,12H2,1-4H3,(H,21,22,23). The molecule has 0 fully saturated rings. The van der Waals surface area contributed by atoms with Gasteiger partial charge in [0.05, 0.1) is 19.3 Å². The largest absolute Gasteiger partial charge is 0.497 e. The Morgan fingerprint density at radius 1 is 1.29 bits per heavy atom. The predicted molar refractivity (Wildman–Crippen MR) is 110 cm³/mol. The van der Waals surface area contributed by atoms with E-state index in [0.29, 0.717) is 23.3 Å². The van der Waals surface area contributed by atoms with Gasteiger partial charge in [-0.05, 0) is 38.0 Å². The van der Waals surface area contributed by atoms with Crippen LogP contribution >= 0.6 is 11.8 Å². The highest BCUT2D eigenvalue weighted by Gasteiger charge is 2.35. The molecule has 0 radical (unpaired) electrons. The average Bonchev–Trinajstić information content (AvgIpc) is 3.09. The molecule has 1 atom stereocenters. The van der Waals surface area contributed by atoms with Crippen molar-refractivity contribution in [1.82, 2.24) is 14.8 Å². The fourth-order valence-electron chi connectivity index (χ4n) is 3.07. The minimum Gasteiger partial charge on any atom is -0.497 e. The third kappa shape index (κ3) is 4.16. The number of benzene rings is 1. The first kappa shape index (κ1) is 20.3. The molecule has 0 spiro atoms. The molecule has 1 aromatic heterocycles. The molecule has 0 amide bonds. The molecular weight excluding hydrogens is 376 g/mol. The van der Waals surface area contributed by atoms with Gasteiger partial charge in [-0.1, -0.05) is 37.2 Å². The second-order valence-corrected chi connectivity index (χ2v) is 7.49. The summed E-state index contributed by atoms with van der Waals surface area (Å²) in [7, 11) is 1.63. The smallest absolute Gasteiger partial charge is 0.338 e. The van der Waals surface area contributed by atoms with Crippen molar-refractivity contribution in [3.8, 4) is 5.75 Å². The summed E-state index contributed by atoms with van der Waals surface area (Å²) in [4.78, 5) is 17.3. The van der Waals surface area contributed by atoms with E-state index in [4.69, 9.17) is 9.47 Å². The molecule has 3 rings (SSSR count). The molecule has 2 heterocycles. The number of nitrogens with one attached hydrogen (secondary N) is 1. The van der Waals surface area contributed by atoms with Crippen LogP contribution in [0.25, 0.3) is 0 Å². The van der Waals surface area contributed by atoms with E-state index in [1.807, 2.05) is 31.2 Å². The molecule has 0 saturated heterocycles. The van der Waals surface area contributed by atoms with Crippen LogP contribution in [-0.4, -0.2) is 40.2 Å². The van der Waals surface area contributed by atoms with Crippen LogP contribution in [0.3, 0.4) is 0 Å². The Morgan fingerprint density at radius 2 is 2.04 bits per heavy atom. The van der Waals surface area contributed by atoms with Gasteiger partial charge in [0.25, 0.3) is 0 Å². The van der Waals surface area contributed by atoms with E-state index in [2.05, 4.69) is 22.3 Å². The van der Waals surface area contributed by atoms with E-state index in [0.717, 1.165) is 35.6 Å². The first-order valence-electron chi connectivity index (χ1n) is 9.47. The molecule has 1 aliphatic rings. The lowest BCUT2D eigenvalue weighted by Gasteiger charge is -2.28. The van der Waals surface area contributed by atoms with Crippen molar-refractivity contribution in [3.05, 3.63) is 41.1 Å². The second-order valence-electron chi connectivity index (χ2n) is 6.42. The number of nitrogens with zero attached hydrogens (tertiary/aromatic N) is 3. The zero-order valence-electron chi connectivity index (χ0n) is 16.7. The molecule has 28 heavy (non-hydrogen) atoms. The summed E-state index contributed by atoms with van der Waals surface area (Å²) in [6, 6.07) is 7.23. The van der Waals surface area contributed by atoms with Crippen molar-refractivity contribution < 1.29 is 14.3 Å². The summed E-state index contributed by atoms with van der Waals surface area (Å²) in [6.45, 7) is 6.14. The maximum Gasteiger partial charge on any atom is 0.338 e. The van der Waals surface area contributed by atoms with Gasteiger partial charge in [0.1, 0.15) is 11.8 Å². The number of esters is 1. The highest BCUT2D eigenvalue weighted by molar-refractivity contribution is 7.99. The molecule has 1 aliphatic heterocycles. The maximum atomic E-state index is 12.7. The lowest BCUT2D eigenvalue weighted by molar-refractivity contribution is -0.139. The maximum absolute atomic E-state index is 12.7. The Kier molecular flexibility index (Phi) is 6.61. The Balaban J connectivity index is 2.02. The summed E-state index contributed by atoms with van der Waals surface area (Å²) in [5.41, 5.74) is 2.18. The van der Waals surface area contributed by atoms with E-state index in [1.165, 1.54) is 0 Å². The van der Waals surface area contributed by atoms with Crippen LogP contribution in [0.1, 0.15) is 45.2 Å². The molecule has 150 valence electrons. The number of fused-ring (bicyclic) bond motifs is 1. The molecule has 1 unspecified atom stereocenters. The van der Waals surface area contributed by atoms with E-state index in [-0.39, 0.29) is 5.97 Å². The van der Waals surface area contributed by atoms with Crippen molar-refractivity contribution in [3.63, 3.8) is 0 Å². The summed E-state index contributed by atoms with van der Waals surface area (Å²) in [5.74, 6) is 2.00. The van der Waals surface area contributed by atoms with Gasteiger partial charge in [0.2, 0.25) is 11.1 Å². The van der Waals surface area contributed by atoms with Gasteiger partial charge in [-0.15, -0.1) is 5.10 Å². The molecule has 0 saturated carbocycles. The number of methoxy groups -OCH3 is 1. The highest BCUT2D eigenvalue weighted by atomic mass is 32.2. The monoisotopic (exact) mass is 402 g/mol. The molecule has 1 aromatic carbocycles. The topological polar surface area (TPSA) is 78.3 Å². The van der Waals surface area contributed by atoms with Gasteiger partial charge in [-0.2, -0.15) is 4.98 Å². The van der Waals surface area contributed by atoms with Crippen LogP contribution in [0.4, 0.5) is 5.95 Å². The molecule has 1 N–H and O–H groups in total. The number of carbonyl (C=O) groups excluding carboxylic acids is 1. The Bertz CT molecular complexity index is 861. The number of thioether (sulfide) groups is 1. The van der Waals surface area contributed by atoms with E-state index >= 15 is 0 Å². The number of hydrogen-bond acceptors (Lipinski definition) is 7. The SMILES string of the molecule is CCCCSc1nc2n(n1)C(c1ccc(OC)cc1)C(C(=O)OCC)=C(C)N2. The summed E-state index contributed by atoms with van der Waals surface area (Å²) in [6.07, 6.45) is 2.23. The van der Waals surface area contributed by atoms with E-state index < -0.39 is 6.04 Å². The Morgan fingerprint density at radius 3 is 2.68 bits per heavy atom. The number of allylic oxidation sites excluding steroid dienone is 1. The molecule has 2 aromatic rings. The van der Waals surface area contributed by atoms with Crippen LogP contribution in [0.2, 0.25) is 0 Å². The first-order valence-corrected chi connectivity index (χ1v) is 10.5. The minimum absolute atomic E-state index is 0.313. The summed E-state index contributed by atoms with van der Waals surface area (Å²) < 4.78 is 12.4. The quantitative estimate of drug-likeness (QED) is 0.406. The number of aromatic nitrogens is 3. The zero-order chi connectivity index (χ0) is 20.1. The van der Waals surface area contributed by atoms with Gasteiger partial charge < -0.3 is 14.8 Å². The number of unbranched alkanes of at least 4 members (excludes halogenated alkanes) is 1. The molecule has 7 nitrogen and oxygen atoms in total. The molecular formula is C20H26N4O3S. The fourth-order valence-corrected chi connectivity index (χ4v) is 3.98. The Hall–Kier alpha value is -2.48. The minimum atomic E-state index is -0.408. The summed E-state index contributed by atoms with van der Waals surface area (Å²) in [5, 5.41) is 8.60. The van der Waals surface area contributed by atoms with Crippen molar-refractivity contribution in [2.75, 3.05) is 24.8 Å². The molecule has 0 aliphatic carbocycles. The van der Waals surface area contributed by atoms with Gasteiger partial charge in [-0.25, -0.2) is 9.48 Å². The van der Waals surface area contributed by atoms with E-state index in [9.17, 15) is 4.79 Å². The number of hydrogen-bond donors (Lipinski definition) is 1. The van der Waals surface area contributed by atoms with Crippen LogP contribution in [-0.2, 0) is 9.53 Å². The van der Waals surface area contributed by atoms with Crippen LogP contribution < -0.4 is 10.1 Å². The van der Waals surface area contributed by atoms with Gasteiger partial charge in [0, 0.05) is 11.4 Å². The molecule has 0 bridgehead atoms. The number of anilines is 1. The third-order valence-electron chi connectivity index (χ3n) is 4.49. The summed E-state index contributed by atoms with van der Waals surface area (Å²) >= 11 is 1.63. The van der Waals surface area contributed by atoms with Crippen molar-refractivity contribution in [2.45, 2.75) is 44.8 Å². The predicted octanol–water partition coefficient (Wildman–Crippen LogP) is 4.03. The van der Waals surface area contributed by atoms with Gasteiger partial charge in [-0.3, -0.25) is 0 Å². The second kappa shape index (κ2) is 9.14. The van der Waals surface area contributed by atoms with Gasteiger partial charge >= 0.3 is 5.97 Å². The van der Waals surface area contributed by atoms with Crippen LogP contribution in [0, 0.1) is 0 Å². The van der Waals surface area contributed by atoms with Crippen LogP contribution in [0.5, 0.6) is 5.75 Å². The van der Waals surface area contributed by atoms with Crippen LogP contribution in [0.15, 0.2) is 40.7 Å². The third-order valence-corrected chi connectivity index (χ3v) is 5.41. The lowest BCUT2D eigenvalue weighted by atomic mass is 9.96. The van der Waals surface area contributed by atoms with Crippen molar-refractivity contribution >= 4 is 23.7 Å². The average molecular weight is 403 g/mol. The fraction of sp³-hybridized carbons (Fsp3) is 0.450. The molecule has 8 heteroatoms. The van der Waals surface area contributed by atoms with E-state index in [1.54, 1.807) is 30.5 Å². The lowest BCUT2D eigenvalue weighted by Crippen LogP contribution is -2.29. The van der Waals surface area contributed by atoms with Crippen molar-refractivity contribution in [1.29, 1.82) is 0 Å². The van der Waals surface area contributed by atoms with Crippen molar-refractivity contribution in [2.24, 2.45) is 0 Å². The van der Waals surface area contributed by atoms with Gasteiger partial charge in [0.15, 0.2) is 0 Å². The normalized spacial score (nSPS) is 15.8. The zero-order valence-corrected chi connectivity index (χ0v) is 17.5. The first-order chi connectivity index (χ1) is 13.6. The number of ether oxygens (including phenoxy) is 2. The number of rotatable bonds is 8. The highest BCUT2D eigenvalue weighted by Crippen LogP contribution is 2.37.